The quantitative estimate of drug-likeness (QED) is 0.518. The van der Waals surface area contributed by atoms with Crippen LogP contribution in [0.5, 0.6) is 0 Å². The molecule has 0 fully saturated rings. The fraction of sp³-hybridized carbons (Fsp3) is 0. The van der Waals surface area contributed by atoms with Gasteiger partial charge in [-0.15, -0.1) is 0 Å². The lowest BCUT2D eigenvalue weighted by molar-refractivity contribution is -0.393. The first-order chi connectivity index (χ1) is 5.77. The van der Waals surface area contributed by atoms with Crippen LogP contribution in [0.3, 0.4) is 0 Å². The van der Waals surface area contributed by atoms with E-state index in [1.807, 2.05) is 0 Å². The van der Waals surface area contributed by atoms with Crippen LogP contribution in [0.2, 0.25) is 0 Å². The van der Waals surface area contributed by atoms with E-state index < -0.39 is 4.92 Å². The van der Waals surface area contributed by atoms with Crippen molar-refractivity contribution in [1.29, 1.82) is 0 Å². The number of imidazole rings is 1. The molecule has 0 aliphatic carbocycles. The molecule has 1 N–H and O–H groups in total. The zero-order valence-electron chi connectivity index (χ0n) is 6.47. The number of nitrogens with zero attached hydrogens (tertiary/aromatic N) is 3. The summed E-state index contributed by atoms with van der Waals surface area (Å²) in [7, 11) is 0. The number of para-hydroxylation sites is 2. The molecule has 1 aromatic heterocycles. The van der Waals surface area contributed by atoms with Crippen LogP contribution in [0.15, 0.2) is 24.3 Å². The van der Waals surface area contributed by atoms with Crippen LogP contribution in [0, 0.1) is 10.1 Å². The lowest BCUT2D eigenvalue weighted by Gasteiger charge is -1.84. The van der Waals surface area contributed by atoms with Gasteiger partial charge in [0.25, 0.3) is 0 Å². The van der Waals surface area contributed by atoms with E-state index in [4.69, 9.17) is 0 Å². The highest BCUT2D eigenvalue weighted by atomic mass is 16.6. The first-order valence-electron chi connectivity index (χ1n) is 3.36. The van der Waals surface area contributed by atoms with Crippen LogP contribution in [0.1, 0.15) is 0 Å². The maximum absolute atomic E-state index is 10.3. The molecule has 13 heavy (non-hydrogen) atoms. The molecule has 1 aromatic carbocycles. The van der Waals surface area contributed by atoms with E-state index in [1.54, 1.807) is 24.3 Å². The number of aromatic amines is 1. The van der Waals surface area contributed by atoms with Gasteiger partial charge in [0.1, 0.15) is 5.52 Å². The second kappa shape index (κ2) is 3.20. The van der Waals surface area contributed by atoms with Gasteiger partial charge in [-0.3, -0.25) is 0 Å². The highest BCUT2D eigenvalue weighted by molar-refractivity contribution is 5.75. The maximum Gasteiger partial charge on any atom is 0.433 e. The zero-order valence-corrected chi connectivity index (χ0v) is 6.47. The topological polar surface area (TPSA) is 102 Å². The predicted octanol–water partition coefficient (Wildman–Crippen LogP) is 0.990. The lowest BCUT2D eigenvalue weighted by Crippen LogP contribution is -1.88. The summed E-state index contributed by atoms with van der Waals surface area (Å²) in [5, 5.41) is 10.3. The van der Waals surface area contributed by atoms with Crippen LogP contribution in [-0.2, 0) is 0 Å². The molecule has 3 radical (unpaired) electrons. The molecule has 0 saturated heterocycles. The van der Waals surface area contributed by atoms with E-state index in [1.165, 1.54) is 0 Å². The fourth-order valence-corrected chi connectivity index (χ4v) is 1.03. The molecule has 0 unspecified atom stereocenters. The van der Waals surface area contributed by atoms with Gasteiger partial charge in [-0.2, -0.15) is 0 Å². The summed E-state index contributed by atoms with van der Waals surface area (Å²) in [6, 6.07) is 7.05. The standard InChI is InChI=1S/C7H5N3O2.N/c11-10(12)7-8-5-3-1-2-4-6(5)9-7;/h1-4H,(H,8,9);. The molecule has 2 rings (SSSR count). The Morgan fingerprint density at radius 1 is 1.38 bits per heavy atom. The van der Waals surface area contributed by atoms with E-state index in [0.717, 1.165) is 0 Å². The summed E-state index contributed by atoms with van der Waals surface area (Å²) >= 11 is 0. The molecule has 6 nitrogen and oxygen atoms in total. The largest absolute Gasteiger partial charge is 0.433 e. The van der Waals surface area contributed by atoms with E-state index in [9.17, 15) is 10.1 Å². The van der Waals surface area contributed by atoms with Crippen molar-refractivity contribution in [2.75, 3.05) is 0 Å². The molecular formula is C7H5N4O2. The molecule has 0 spiro atoms. The maximum atomic E-state index is 10.3. The normalized spacial score (nSPS) is 9.54. The number of hydrogen-bond acceptors (Lipinski definition) is 3. The second-order valence-corrected chi connectivity index (χ2v) is 2.33. The summed E-state index contributed by atoms with van der Waals surface area (Å²) in [6.45, 7) is 0. The predicted molar refractivity (Wildman–Crippen MR) is 44.9 cm³/mol. The summed E-state index contributed by atoms with van der Waals surface area (Å²) in [6.07, 6.45) is 0. The van der Waals surface area contributed by atoms with Crippen LogP contribution in [0.4, 0.5) is 5.95 Å². The summed E-state index contributed by atoms with van der Waals surface area (Å²) < 4.78 is 0. The van der Waals surface area contributed by atoms with Crippen molar-refractivity contribution in [3.63, 3.8) is 0 Å². The molecule has 65 valence electrons. The monoisotopic (exact) mass is 177 g/mol. The van der Waals surface area contributed by atoms with Gasteiger partial charge in [0.2, 0.25) is 0 Å². The molecule has 0 aliphatic heterocycles. The van der Waals surface area contributed by atoms with Crippen LogP contribution in [0.25, 0.3) is 11.0 Å². The number of benzene rings is 1. The number of rotatable bonds is 1. The van der Waals surface area contributed by atoms with Gasteiger partial charge in [0, 0.05) is 6.15 Å². The van der Waals surface area contributed by atoms with Gasteiger partial charge in [-0.1, -0.05) is 17.1 Å². The highest BCUT2D eigenvalue weighted by Crippen LogP contribution is 2.14. The summed E-state index contributed by atoms with van der Waals surface area (Å²) in [5.74, 6) is -0.212. The number of aromatic nitrogens is 2. The Kier molecular flexibility index (Phi) is 2.25. The van der Waals surface area contributed by atoms with Gasteiger partial charge < -0.3 is 10.1 Å². The van der Waals surface area contributed by atoms with E-state index in [-0.39, 0.29) is 12.1 Å². The third-order valence-corrected chi connectivity index (χ3v) is 1.55. The molecular weight excluding hydrogens is 172 g/mol. The van der Waals surface area contributed by atoms with Crippen molar-refractivity contribution >= 4 is 17.0 Å². The molecule has 0 saturated carbocycles. The van der Waals surface area contributed by atoms with Gasteiger partial charge in [0.15, 0.2) is 5.52 Å². The van der Waals surface area contributed by atoms with Crippen molar-refractivity contribution in [2.24, 2.45) is 0 Å². The average molecular weight is 177 g/mol. The smallest absolute Gasteiger partial charge is 0.390 e. The summed E-state index contributed by atoms with van der Waals surface area (Å²) in [5.41, 5.74) is 1.30. The Bertz CT molecular complexity index is 404. The van der Waals surface area contributed by atoms with Gasteiger partial charge >= 0.3 is 5.95 Å². The molecule has 0 amide bonds. The number of hydrogen-bond donors (Lipinski definition) is 1. The number of nitro groups is 1. The Balaban J connectivity index is 0.000000845. The number of nitrogens with one attached hydrogen (secondary N) is 1. The van der Waals surface area contributed by atoms with Gasteiger partial charge in [-0.05, 0) is 17.1 Å². The minimum atomic E-state index is -0.542. The van der Waals surface area contributed by atoms with Gasteiger partial charge in [0.05, 0.1) is 0 Å². The molecule has 0 bridgehead atoms. The van der Waals surface area contributed by atoms with Crippen molar-refractivity contribution in [3.8, 4) is 0 Å². The first kappa shape index (κ1) is 9.14. The second-order valence-electron chi connectivity index (χ2n) is 2.33. The van der Waals surface area contributed by atoms with Gasteiger partial charge in [-0.25, -0.2) is 4.98 Å². The summed E-state index contributed by atoms with van der Waals surface area (Å²) in [4.78, 5) is 16.1. The third-order valence-electron chi connectivity index (χ3n) is 1.55. The third kappa shape index (κ3) is 1.47. The Morgan fingerprint density at radius 3 is 2.69 bits per heavy atom. The van der Waals surface area contributed by atoms with E-state index >= 15 is 0 Å². The van der Waals surface area contributed by atoms with Crippen LogP contribution < -0.4 is 6.15 Å². The van der Waals surface area contributed by atoms with Crippen molar-refractivity contribution in [3.05, 3.63) is 34.4 Å². The van der Waals surface area contributed by atoms with Crippen molar-refractivity contribution < 1.29 is 4.92 Å². The minimum absolute atomic E-state index is 0. The average Bonchev–Trinajstić information content (AvgIpc) is 2.46. The van der Waals surface area contributed by atoms with Crippen LogP contribution >= 0.6 is 0 Å². The fourth-order valence-electron chi connectivity index (χ4n) is 1.03. The number of H-pyrrole nitrogens is 1. The molecule has 1 heterocycles. The Labute approximate surface area is 73.3 Å². The molecule has 2 aromatic rings. The molecule has 0 aliphatic rings. The van der Waals surface area contributed by atoms with E-state index in [0.29, 0.717) is 11.0 Å². The molecule has 0 atom stereocenters. The molecule has 6 heteroatoms. The zero-order chi connectivity index (χ0) is 8.55. The van der Waals surface area contributed by atoms with E-state index in [2.05, 4.69) is 9.97 Å². The van der Waals surface area contributed by atoms with Crippen LogP contribution in [-0.4, -0.2) is 14.9 Å². The minimum Gasteiger partial charge on any atom is -0.390 e. The first-order valence-corrected chi connectivity index (χ1v) is 3.36. The SMILES string of the molecule is O=[N+]([O-])c1nc2ccccc2[nH]1.[N]. The Morgan fingerprint density at radius 2 is 2.08 bits per heavy atom. The van der Waals surface area contributed by atoms with Crippen molar-refractivity contribution in [2.45, 2.75) is 0 Å². The highest BCUT2D eigenvalue weighted by Gasteiger charge is 2.11. The lowest BCUT2D eigenvalue weighted by atomic mass is 10.3. The number of fused-ring (bicyclic) bond motifs is 1. The van der Waals surface area contributed by atoms with Crippen molar-refractivity contribution in [1.82, 2.24) is 16.1 Å². The Hall–Kier alpha value is -1.95.